The first kappa shape index (κ1) is 39.0. The quantitative estimate of drug-likeness (QED) is 0.163. The van der Waals surface area contributed by atoms with E-state index in [2.05, 4.69) is 43.8 Å². The molecule has 5 N–H and O–H groups in total. The van der Waals surface area contributed by atoms with Gasteiger partial charge in [-0.2, -0.15) is 0 Å². The molecule has 212 valence electrons. The molecule has 0 aliphatic heterocycles. The molecule has 1 rings (SSSR count). The van der Waals surface area contributed by atoms with Gasteiger partial charge >= 0.3 is 12.2 Å². The fourth-order valence-electron chi connectivity index (χ4n) is 1.38. The highest BCUT2D eigenvalue weighted by atomic mass is 79.9. The second-order valence-electron chi connectivity index (χ2n) is 8.64. The van der Waals surface area contributed by atoms with E-state index >= 15 is 0 Å². The third kappa shape index (κ3) is 27.9. The van der Waals surface area contributed by atoms with Crippen LogP contribution in [0.15, 0.2) is 5.38 Å². The van der Waals surface area contributed by atoms with Gasteiger partial charge in [0, 0.05) is 25.8 Å². The van der Waals surface area contributed by atoms with Gasteiger partial charge in [-0.05, 0) is 60.7 Å². The van der Waals surface area contributed by atoms with Crippen molar-refractivity contribution < 1.29 is 38.6 Å². The largest absolute Gasteiger partial charge is 0.444 e. The number of halogens is 1. The molecule has 0 radical (unpaired) electrons. The minimum absolute atomic E-state index is 0.0840. The van der Waals surface area contributed by atoms with Crippen molar-refractivity contribution >= 4 is 79.3 Å². The summed E-state index contributed by atoms with van der Waals surface area (Å²) in [6.07, 6.45) is -1.19. The molecule has 1 aromatic heterocycles. The van der Waals surface area contributed by atoms with Crippen LogP contribution in [0, 0.1) is 0 Å². The summed E-state index contributed by atoms with van der Waals surface area (Å²) >= 11 is 8.46. The number of ketones is 3. The number of carbonyl (C=O) groups excluding carboxylic acids is 5. The van der Waals surface area contributed by atoms with Gasteiger partial charge in [0.25, 0.3) is 0 Å². The zero-order chi connectivity index (χ0) is 30.0. The Morgan fingerprint density at radius 2 is 1.49 bits per heavy atom. The standard InChI is InChI=1S/C10H14N2O3S.C6H12N2O2S.C4H5BrO2.C2H6O/c1-6(13)7-5-16-8(11-7)12-9(14)15-10(2,3)4;1-6(2,3)10-5(9)8-4(7)11;1-3(6)4(7)2-5;1-2-3/h5H,1-4H3,(H,11,12,14);1-3H3,(H3,7,8,9,11);2H2,1H3;3H,2H2,1H3. The molecule has 0 spiro atoms. The fraction of sp³-hybridized carbons (Fsp3) is 0.591. The van der Waals surface area contributed by atoms with Gasteiger partial charge in [0.1, 0.15) is 16.9 Å². The summed E-state index contributed by atoms with van der Waals surface area (Å²) < 4.78 is 9.87. The number of aromatic nitrogens is 1. The number of carbonyl (C=O) groups is 5. The fourth-order valence-corrected chi connectivity index (χ4v) is 2.60. The van der Waals surface area contributed by atoms with E-state index in [4.69, 9.17) is 20.3 Å². The Labute approximate surface area is 235 Å². The number of amides is 2. The average molecular weight is 630 g/mol. The Hall–Kier alpha value is -2.49. The van der Waals surface area contributed by atoms with Gasteiger partial charge in [0.05, 0.1) is 5.33 Å². The molecule has 0 fully saturated rings. The van der Waals surface area contributed by atoms with E-state index in [9.17, 15) is 24.0 Å². The molecule has 0 saturated heterocycles. The minimum atomic E-state index is -0.620. The number of aliphatic hydroxyl groups is 1. The molecule has 0 atom stereocenters. The van der Waals surface area contributed by atoms with Crippen molar-refractivity contribution in [3.05, 3.63) is 11.1 Å². The van der Waals surface area contributed by atoms with Gasteiger partial charge in [-0.3, -0.25) is 25.0 Å². The molecule has 0 saturated carbocycles. The van der Waals surface area contributed by atoms with Gasteiger partial charge in [0.2, 0.25) is 5.78 Å². The van der Waals surface area contributed by atoms with Crippen LogP contribution in [0.5, 0.6) is 0 Å². The van der Waals surface area contributed by atoms with Crippen LogP contribution in [0.4, 0.5) is 14.7 Å². The van der Waals surface area contributed by atoms with E-state index in [1.807, 2.05) is 0 Å². The first-order chi connectivity index (χ1) is 16.7. The van der Waals surface area contributed by atoms with Gasteiger partial charge in [-0.15, -0.1) is 11.3 Å². The SMILES string of the molecule is CC(=O)C(=O)CBr.CC(=O)c1csc(NC(=O)OC(C)(C)C)n1.CC(C)(C)OC(=O)NC(N)=S.CCO. The predicted octanol–water partition coefficient (Wildman–Crippen LogP) is 3.99. The monoisotopic (exact) mass is 628 g/mol. The molecule has 1 heterocycles. The van der Waals surface area contributed by atoms with Gasteiger partial charge in [-0.25, -0.2) is 14.6 Å². The van der Waals surface area contributed by atoms with Crippen molar-refractivity contribution in [1.29, 1.82) is 0 Å². The average Bonchev–Trinajstić information content (AvgIpc) is 3.13. The summed E-state index contributed by atoms with van der Waals surface area (Å²) in [5.41, 5.74) is 4.31. The highest BCUT2D eigenvalue weighted by Gasteiger charge is 2.18. The van der Waals surface area contributed by atoms with Crippen LogP contribution in [-0.2, 0) is 19.1 Å². The molecule has 12 nitrogen and oxygen atoms in total. The summed E-state index contributed by atoms with van der Waals surface area (Å²) in [5, 5.41) is 14.2. The number of alkyl halides is 1. The van der Waals surface area contributed by atoms with E-state index in [1.165, 1.54) is 25.2 Å². The van der Waals surface area contributed by atoms with Crippen LogP contribution in [0.3, 0.4) is 0 Å². The Morgan fingerprint density at radius 3 is 1.76 bits per heavy atom. The summed E-state index contributed by atoms with van der Waals surface area (Å²) in [5.74, 6) is -0.898. The van der Waals surface area contributed by atoms with Crippen LogP contribution in [-0.4, -0.2) is 67.9 Å². The van der Waals surface area contributed by atoms with E-state index in [1.54, 1.807) is 53.8 Å². The van der Waals surface area contributed by atoms with Crippen molar-refractivity contribution in [3.63, 3.8) is 0 Å². The lowest BCUT2D eigenvalue weighted by molar-refractivity contribution is -0.133. The number of Topliss-reactive ketones (excluding diaryl/α,β-unsaturated/α-hetero) is 3. The lowest BCUT2D eigenvalue weighted by atomic mass is 10.2. The summed E-state index contributed by atoms with van der Waals surface area (Å²) in [4.78, 5) is 57.1. The number of nitrogens with zero attached hydrogens (tertiary/aromatic N) is 1. The van der Waals surface area contributed by atoms with Crippen molar-refractivity contribution in [2.24, 2.45) is 5.73 Å². The van der Waals surface area contributed by atoms with Crippen molar-refractivity contribution in [1.82, 2.24) is 10.3 Å². The molecule has 0 aliphatic carbocycles. The molecule has 2 amide bonds. The van der Waals surface area contributed by atoms with Crippen LogP contribution in [0.2, 0.25) is 0 Å². The first-order valence-electron chi connectivity index (χ1n) is 10.6. The van der Waals surface area contributed by atoms with Crippen LogP contribution in [0.25, 0.3) is 0 Å². The first-order valence-corrected chi connectivity index (χ1v) is 13.1. The Kier molecular flexibility index (Phi) is 20.7. The smallest absolute Gasteiger partial charge is 0.413 e. The van der Waals surface area contributed by atoms with Crippen LogP contribution in [0.1, 0.15) is 72.8 Å². The highest BCUT2D eigenvalue weighted by molar-refractivity contribution is 9.09. The number of aliphatic hydroxyl groups excluding tert-OH is 1. The van der Waals surface area contributed by atoms with E-state index < -0.39 is 29.2 Å². The number of hydrogen-bond acceptors (Lipinski definition) is 11. The second-order valence-corrected chi connectivity index (χ2v) is 10.5. The molecule has 1 aromatic rings. The lowest BCUT2D eigenvalue weighted by Crippen LogP contribution is -2.39. The predicted molar refractivity (Wildman–Crippen MR) is 150 cm³/mol. The maximum atomic E-state index is 11.4. The summed E-state index contributed by atoms with van der Waals surface area (Å²) in [6.45, 7) is 15.2. The number of nitrogens with two attached hydrogens (primary N) is 1. The maximum absolute atomic E-state index is 11.4. The maximum Gasteiger partial charge on any atom is 0.413 e. The molecule has 0 aromatic carbocycles. The van der Waals surface area contributed by atoms with Gasteiger partial charge in [0.15, 0.2) is 21.8 Å². The van der Waals surface area contributed by atoms with Gasteiger partial charge in [-0.1, -0.05) is 15.9 Å². The Bertz CT molecular complexity index is 909. The molecular formula is C22H37BrN4O8S2. The van der Waals surface area contributed by atoms with Crippen molar-refractivity contribution in [2.75, 3.05) is 17.3 Å². The van der Waals surface area contributed by atoms with Crippen LogP contribution < -0.4 is 16.4 Å². The van der Waals surface area contributed by atoms with E-state index in [-0.39, 0.29) is 28.6 Å². The minimum Gasteiger partial charge on any atom is -0.444 e. The number of hydrogen-bond donors (Lipinski definition) is 4. The topological polar surface area (TPSA) is 187 Å². The van der Waals surface area contributed by atoms with Crippen molar-refractivity contribution in [3.8, 4) is 0 Å². The second kappa shape index (κ2) is 19.6. The number of thiocarbonyl (C=S) groups is 1. The Morgan fingerprint density at radius 1 is 1.05 bits per heavy atom. The number of rotatable bonds is 4. The molecule has 37 heavy (non-hydrogen) atoms. The number of alkyl carbamates (subject to hydrolysis) is 1. The number of thiazole rings is 1. The zero-order valence-electron chi connectivity index (χ0n) is 22.5. The number of nitrogens with one attached hydrogen (secondary N) is 2. The molecule has 15 heteroatoms. The third-order valence-electron chi connectivity index (χ3n) is 2.61. The normalized spacial score (nSPS) is 9.92. The molecular weight excluding hydrogens is 592 g/mol. The number of ether oxygens (including phenoxy) is 2. The molecule has 0 bridgehead atoms. The summed E-state index contributed by atoms with van der Waals surface area (Å²) in [6, 6.07) is 0. The van der Waals surface area contributed by atoms with Gasteiger partial charge < -0.3 is 20.3 Å². The third-order valence-corrected chi connectivity index (χ3v) is 3.98. The summed E-state index contributed by atoms with van der Waals surface area (Å²) in [7, 11) is 0. The van der Waals surface area contributed by atoms with Crippen LogP contribution >= 0.6 is 39.5 Å². The van der Waals surface area contributed by atoms with Crippen molar-refractivity contribution in [2.45, 2.75) is 73.5 Å². The van der Waals surface area contributed by atoms with E-state index in [0.717, 1.165) is 0 Å². The molecule has 0 aliphatic rings. The number of anilines is 1. The lowest BCUT2D eigenvalue weighted by Gasteiger charge is -2.19. The molecule has 0 unspecified atom stereocenters. The zero-order valence-corrected chi connectivity index (χ0v) is 25.7. The van der Waals surface area contributed by atoms with E-state index in [0.29, 0.717) is 10.8 Å². The Balaban J connectivity index is -0.000000478. The highest BCUT2D eigenvalue weighted by Crippen LogP contribution is 2.17.